The summed E-state index contributed by atoms with van der Waals surface area (Å²) in [6.45, 7) is 0.730. The van der Waals surface area contributed by atoms with Crippen LogP contribution in [0.2, 0.25) is 0 Å². The Bertz CT molecular complexity index is 1020. The highest BCUT2D eigenvalue weighted by atomic mass is 79.9. The van der Waals surface area contributed by atoms with Crippen molar-refractivity contribution in [1.29, 1.82) is 0 Å². The molecule has 1 aliphatic heterocycles. The molecule has 3 rings (SSSR count). The summed E-state index contributed by atoms with van der Waals surface area (Å²) in [4.78, 5) is 24.3. The molecule has 1 saturated heterocycles. The van der Waals surface area contributed by atoms with E-state index in [0.717, 1.165) is 10.0 Å². The molecule has 8 nitrogen and oxygen atoms in total. The molecule has 1 heterocycles. The van der Waals surface area contributed by atoms with Crippen molar-refractivity contribution in [2.24, 2.45) is 0 Å². The van der Waals surface area contributed by atoms with Gasteiger partial charge in [-0.2, -0.15) is 4.31 Å². The van der Waals surface area contributed by atoms with E-state index in [1.54, 1.807) is 4.90 Å². The predicted molar refractivity (Wildman–Crippen MR) is 111 cm³/mol. The number of para-hydroxylation sites is 1. The summed E-state index contributed by atoms with van der Waals surface area (Å²) in [7, 11) is -4.00. The number of carbonyl (C=O) groups excluding carboxylic acids is 1. The largest absolute Gasteiger partial charge is 0.340 e. The summed E-state index contributed by atoms with van der Waals surface area (Å²) in [6, 6.07) is 13.0. The molecule has 1 amide bonds. The summed E-state index contributed by atoms with van der Waals surface area (Å²) >= 11 is 3.46. The molecule has 2 aromatic rings. The number of benzene rings is 2. The molecule has 0 aliphatic carbocycles. The molecule has 1 aliphatic rings. The Morgan fingerprint density at radius 2 is 1.66 bits per heavy atom. The van der Waals surface area contributed by atoms with Crippen molar-refractivity contribution in [1.82, 2.24) is 9.21 Å². The Labute approximate surface area is 177 Å². The third-order valence-electron chi connectivity index (χ3n) is 4.84. The number of sulfonamides is 1. The van der Waals surface area contributed by atoms with Gasteiger partial charge >= 0.3 is 0 Å². The lowest BCUT2D eigenvalue weighted by Crippen LogP contribution is -2.50. The van der Waals surface area contributed by atoms with Crippen molar-refractivity contribution in [2.45, 2.75) is 17.7 Å². The van der Waals surface area contributed by atoms with E-state index in [9.17, 15) is 23.3 Å². The number of halogens is 1. The third-order valence-corrected chi connectivity index (χ3v) is 7.56. The Kier molecular flexibility index (Phi) is 6.66. The highest BCUT2D eigenvalue weighted by molar-refractivity contribution is 9.10. The highest BCUT2D eigenvalue weighted by Crippen LogP contribution is 2.27. The lowest BCUT2D eigenvalue weighted by atomic mass is 10.1. The van der Waals surface area contributed by atoms with Gasteiger partial charge in [-0.05, 0) is 24.1 Å². The average Bonchev–Trinajstić information content (AvgIpc) is 2.73. The zero-order valence-corrected chi connectivity index (χ0v) is 17.9. The van der Waals surface area contributed by atoms with E-state index in [1.165, 1.54) is 28.6 Å². The minimum Gasteiger partial charge on any atom is -0.340 e. The molecule has 29 heavy (non-hydrogen) atoms. The molecule has 0 N–H and O–H groups in total. The van der Waals surface area contributed by atoms with Crippen LogP contribution in [0, 0.1) is 10.1 Å². The number of hydrogen-bond acceptors (Lipinski definition) is 5. The average molecular weight is 482 g/mol. The van der Waals surface area contributed by atoms with Crippen molar-refractivity contribution in [3.05, 3.63) is 68.7 Å². The lowest BCUT2D eigenvalue weighted by molar-refractivity contribution is -0.387. The van der Waals surface area contributed by atoms with E-state index in [1.807, 2.05) is 24.3 Å². The van der Waals surface area contributed by atoms with Gasteiger partial charge in [-0.3, -0.25) is 14.9 Å². The fourth-order valence-electron chi connectivity index (χ4n) is 3.24. The normalized spacial score (nSPS) is 15.3. The van der Waals surface area contributed by atoms with Crippen LogP contribution in [-0.2, 0) is 21.2 Å². The van der Waals surface area contributed by atoms with Crippen LogP contribution in [0.5, 0.6) is 0 Å². The number of nitro benzene ring substituents is 1. The topological polar surface area (TPSA) is 101 Å². The SMILES string of the molecule is O=C(CCc1ccccc1Br)N1CCN(S(=O)(=O)c2ccccc2[N+](=O)[O-])CC1. The molecule has 2 aromatic carbocycles. The van der Waals surface area contributed by atoms with E-state index in [4.69, 9.17) is 0 Å². The molecule has 0 unspecified atom stereocenters. The quantitative estimate of drug-likeness (QED) is 0.466. The Hall–Kier alpha value is -2.30. The summed E-state index contributed by atoms with van der Waals surface area (Å²) in [5.74, 6) is -0.0384. The van der Waals surface area contributed by atoms with Crippen molar-refractivity contribution in [2.75, 3.05) is 26.2 Å². The molecule has 154 valence electrons. The predicted octanol–water partition coefficient (Wildman–Crippen LogP) is 2.82. The van der Waals surface area contributed by atoms with Crippen LogP contribution < -0.4 is 0 Å². The number of hydrogen-bond donors (Lipinski definition) is 0. The molecule has 0 bridgehead atoms. The maximum Gasteiger partial charge on any atom is 0.289 e. The van der Waals surface area contributed by atoms with E-state index < -0.39 is 20.6 Å². The van der Waals surface area contributed by atoms with Gasteiger partial charge in [0.1, 0.15) is 0 Å². The fraction of sp³-hybridized carbons (Fsp3) is 0.316. The summed E-state index contributed by atoms with van der Waals surface area (Å²) < 4.78 is 27.9. The van der Waals surface area contributed by atoms with Crippen molar-refractivity contribution in [3.8, 4) is 0 Å². The van der Waals surface area contributed by atoms with Gasteiger partial charge in [-0.15, -0.1) is 0 Å². The third kappa shape index (κ3) is 4.82. The molecule has 0 aromatic heterocycles. The number of carbonyl (C=O) groups is 1. The number of piperazine rings is 1. The van der Waals surface area contributed by atoms with Crippen molar-refractivity contribution >= 4 is 37.5 Å². The Balaban J connectivity index is 1.62. The number of rotatable bonds is 6. The standard InChI is InChI=1S/C19H20BrN3O5S/c20-16-6-2-1-5-15(16)9-10-19(24)21-11-13-22(14-12-21)29(27,28)18-8-4-3-7-17(18)23(25)26/h1-8H,9-14H2. The van der Waals surface area contributed by atoms with E-state index in [2.05, 4.69) is 15.9 Å². The van der Waals surface area contributed by atoms with Crippen LogP contribution >= 0.6 is 15.9 Å². The second-order valence-corrected chi connectivity index (χ2v) is 9.36. The minimum absolute atomic E-state index is 0.0384. The maximum absolute atomic E-state index is 12.9. The zero-order valence-electron chi connectivity index (χ0n) is 15.5. The van der Waals surface area contributed by atoms with Gasteiger partial charge in [-0.1, -0.05) is 46.3 Å². The van der Waals surface area contributed by atoms with Crippen LogP contribution in [0.4, 0.5) is 5.69 Å². The van der Waals surface area contributed by atoms with Gasteiger partial charge in [0.15, 0.2) is 4.90 Å². The first-order valence-electron chi connectivity index (χ1n) is 9.05. The van der Waals surface area contributed by atoms with Crippen LogP contribution in [-0.4, -0.2) is 54.6 Å². The van der Waals surface area contributed by atoms with Gasteiger partial charge in [0.25, 0.3) is 5.69 Å². The molecule has 0 atom stereocenters. The monoisotopic (exact) mass is 481 g/mol. The van der Waals surface area contributed by atoms with Gasteiger partial charge in [0.05, 0.1) is 4.92 Å². The van der Waals surface area contributed by atoms with Crippen molar-refractivity contribution < 1.29 is 18.1 Å². The Morgan fingerprint density at radius 1 is 1.03 bits per heavy atom. The second kappa shape index (κ2) is 9.02. The van der Waals surface area contributed by atoms with Gasteiger partial charge in [0.2, 0.25) is 15.9 Å². The maximum atomic E-state index is 12.9. The molecule has 1 fully saturated rings. The van der Waals surface area contributed by atoms with Crippen LogP contribution in [0.25, 0.3) is 0 Å². The molecule has 0 radical (unpaired) electrons. The zero-order chi connectivity index (χ0) is 21.0. The summed E-state index contributed by atoms with van der Waals surface area (Å²) in [5, 5.41) is 11.2. The Morgan fingerprint density at radius 3 is 2.31 bits per heavy atom. The smallest absolute Gasteiger partial charge is 0.289 e. The van der Waals surface area contributed by atoms with Gasteiger partial charge in [0, 0.05) is 43.1 Å². The molecule has 0 spiro atoms. The summed E-state index contributed by atoms with van der Waals surface area (Å²) in [5.41, 5.74) is 0.595. The number of nitrogens with zero attached hydrogens (tertiary/aromatic N) is 3. The summed E-state index contributed by atoms with van der Waals surface area (Å²) in [6.07, 6.45) is 0.925. The number of amides is 1. The molecular weight excluding hydrogens is 462 g/mol. The molecular formula is C19H20BrN3O5S. The van der Waals surface area contributed by atoms with Crippen LogP contribution in [0.3, 0.4) is 0 Å². The first-order valence-corrected chi connectivity index (χ1v) is 11.3. The number of aryl methyl sites for hydroxylation is 1. The van der Waals surface area contributed by atoms with Gasteiger partial charge < -0.3 is 4.90 Å². The fourth-order valence-corrected chi connectivity index (χ4v) is 5.31. The minimum atomic E-state index is -4.00. The number of nitro groups is 1. The van der Waals surface area contributed by atoms with E-state index in [-0.39, 0.29) is 37.0 Å². The first kappa shape index (κ1) is 21.4. The molecule has 10 heteroatoms. The highest BCUT2D eigenvalue weighted by Gasteiger charge is 2.34. The van der Waals surface area contributed by atoms with Crippen molar-refractivity contribution in [3.63, 3.8) is 0 Å². The second-order valence-electron chi connectivity index (χ2n) is 6.60. The van der Waals surface area contributed by atoms with E-state index >= 15 is 0 Å². The van der Waals surface area contributed by atoms with Gasteiger partial charge in [-0.25, -0.2) is 8.42 Å². The van der Waals surface area contributed by atoms with Crippen LogP contribution in [0.1, 0.15) is 12.0 Å². The molecule has 0 saturated carbocycles. The first-order chi connectivity index (χ1) is 13.8. The van der Waals surface area contributed by atoms with E-state index in [0.29, 0.717) is 12.8 Å². The lowest BCUT2D eigenvalue weighted by Gasteiger charge is -2.34. The van der Waals surface area contributed by atoms with Crippen LogP contribution in [0.15, 0.2) is 57.9 Å².